The van der Waals surface area contributed by atoms with Gasteiger partial charge in [-0.2, -0.15) is 13.2 Å². The number of benzene rings is 2. The zero-order valence-electron chi connectivity index (χ0n) is 15.3. The van der Waals surface area contributed by atoms with E-state index < -0.39 is 28.3 Å². The van der Waals surface area contributed by atoms with Crippen molar-refractivity contribution in [1.82, 2.24) is 4.90 Å². The van der Waals surface area contributed by atoms with Crippen LogP contribution in [0, 0.1) is 10.1 Å². The maximum absolute atomic E-state index is 12.8. The number of thioether (sulfide) groups is 1. The maximum Gasteiger partial charge on any atom is 0.416 e. The van der Waals surface area contributed by atoms with E-state index in [1.165, 1.54) is 18.2 Å². The van der Waals surface area contributed by atoms with Crippen LogP contribution in [0.2, 0.25) is 0 Å². The van der Waals surface area contributed by atoms with Crippen LogP contribution in [-0.4, -0.2) is 27.5 Å². The van der Waals surface area contributed by atoms with Crippen LogP contribution in [0.5, 0.6) is 11.5 Å². The SMILES string of the molecule is CCN1C(=O)S/C(=C/c2cccc(Oc3ccc(C(F)(F)F)cc3[N+](=O)[O-])c2)C1=O. The van der Waals surface area contributed by atoms with Crippen molar-refractivity contribution in [2.24, 2.45) is 0 Å². The van der Waals surface area contributed by atoms with E-state index in [-0.39, 0.29) is 28.2 Å². The van der Waals surface area contributed by atoms with Gasteiger partial charge in [-0.05, 0) is 54.6 Å². The molecule has 1 aliphatic rings. The number of hydrogen-bond donors (Lipinski definition) is 0. The number of ether oxygens (including phenoxy) is 1. The highest BCUT2D eigenvalue weighted by Crippen LogP contribution is 2.38. The lowest BCUT2D eigenvalue weighted by molar-refractivity contribution is -0.385. The number of imide groups is 1. The molecule has 30 heavy (non-hydrogen) atoms. The average Bonchev–Trinajstić information content (AvgIpc) is 2.93. The molecule has 0 aromatic heterocycles. The van der Waals surface area contributed by atoms with E-state index in [9.17, 15) is 32.9 Å². The first-order valence-corrected chi connectivity index (χ1v) is 9.30. The van der Waals surface area contributed by atoms with Gasteiger partial charge in [-0.15, -0.1) is 0 Å². The van der Waals surface area contributed by atoms with E-state index in [1.54, 1.807) is 19.1 Å². The minimum atomic E-state index is -4.73. The molecule has 2 aromatic rings. The third-order valence-corrected chi connectivity index (χ3v) is 4.96. The second-order valence-electron chi connectivity index (χ2n) is 6.04. The van der Waals surface area contributed by atoms with Crippen molar-refractivity contribution >= 4 is 34.7 Å². The van der Waals surface area contributed by atoms with Gasteiger partial charge in [0.05, 0.1) is 15.4 Å². The molecular formula is C19H13F3N2O5S. The van der Waals surface area contributed by atoms with Crippen molar-refractivity contribution in [2.75, 3.05) is 6.54 Å². The Bertz CT molecular complexity index is 1070. The van der Waals surface area contributed by atoms with Crippen LogP contribution in [0.3, 0.4) is 0 Å². The molecule has 1 aliphatic heterocycles. The number of nitro benzene ring substituents is 1. The molecule has 0 N–H and O–H groups in total. The summed E-state index contributed by atoms with van der Waals surface area (Å²) in [5.41, 5.74) is -1.52. The highest BCUT2D eigenvalue weighted by Gasteiger charge is 2.34. The number of rotatable bonds is 5. The molecule has 2 aromatic carbocycles. The minimum Gasteiger partial charge on any atom is -0.450 e. The number of likely N-dealkylation sites (N-methyl/N-ethyl adjacent to an activating group) is 1. The normalized spacial score (nSPS) is 15.7. The molecule has 11 heteroatoms. The van der Waals surface area contributed by atoms with E-state index in [4.69, 9.17) is 4.74 Å². The molecule has 0 radical (unpaired) electrons. The van der Waals surface area contributed by atoms with Gasteiger partial charge in [0.2, 0.25) is 5.75 Å². The maximum atomic E-state index is 12.8. The van der Waals surface area contributed by atoms with Gasteiger partial charge in [0.25, 0.3) is 11.1 Å². The van der Waals surface area contributed by atoms with Gasteiger partial charge in [-0.25, -0.2) is 0 Å². The fourth-order valence-electron chi connectivity index (χ4n) is 2.64. The van der Waals surface area contributed by atoms with Crippen molar-refractivity contribution in [3.63, 3.8) is 0 Å². The Morgan fingerprint density at radius 2 is 1.93 bits per heavy atom. The summed E-state index contributed by atoms with van der Waals surface area (Å²) in [4.78, 5) is 35.5. The molecule has 1 fully saturated rings. The van der Waals surface area contributed by atoms with Crippen molar-refractivity contribution in [1.29, 1.82) is 0 Å². The van der Waals surface area contributed by atoms with Gasteiger partial charge in [-0.1, -0.05) is 12.1 Å². The van der Waals surface area contributed by atoms with Crippen LogP contribution in [-0.2, 0) is 11.0 Å². The lowest BCUT2D eigenvalue weighted by Gasteiger charge is -2.10. The molecule has 1 saturated heterocycles. The Morgan fingerprint density at radius 1 is 1.20 bits per heavy atom. The van der Waals surface area contributed by atoms with Crippen LogP contribution in [0.25, 0.3) is 6.08 Å². The summed E-state index contributed by atoms with van der Waals surface area (Å²) in [6.07, 6.45) is -3.26. The lowest BCUT2D eigenvalue weighted by Crippen LogP contribution is -2.27. The quantitative estimate of drug-likeness (QED) is 0.350. The molecular weight excluding hydrogens is 425 g/mol. The third kappa shape index (κ3) is 4.46. The summed E-state index contributed by atoms with van der Waals surface area (Å²) >= 11 is 0.783. The molecule has 0 unspecified atom stereocenters. The van der Waals surface area contributed by atoms with Gasteiger partial charge in [-0.3, -0.25) is 24.6 Å². The van der Waals surface area contributed by atoms with Crippen LogP contribution in [0.1, 0.15) is 18.1 Å². The zero-order valence-corrected chi connectivity index (χ0v) is 16.1. The summed E-state index contributed by atoms with van der Waals surface area (Å²) in [6, 6.07) is 8.03. The van der Waals surface area contributed by atoms with Crippen LogP contribution < -0.4 is 4.74 Å². The number of halogens is 3. The molecule has 0 aliphatic carbocycles. The van der Waals surface area contributed by atoms with Crippen LogP contribution in [0.15, 0.2) is 47.4 Å². The zero-order chi connectivity index (χ0) is 22.1. The smallest absolute Gasteiger partial charge is 0.416 e. The Hall–Kier alpha value is -3.34. The van der Waals surface area contributed by atoms with Crippen LogP contribution >= 0.6 is 11.8 Å². The number of carbonyl (C=O) groups is 2. The van der Waals surface area contributed by atoms with E-state index in [1.807, 2.05) is 0 Å². The van der Waals surface area contributed by atoms with E-state index in [2.05, 4.69) is 0 Å². The summed E-state index contributed by atoms with van der Waals surface area (Å²) in [5.74, 6) is -0.685. The van der Waals surface area contributed by atoms with Gasteiger partial charge >= 0.3 is 11.9 Å². The molecule has 2 amide bonds. The fourth-order valence-corrected chi connectivity index (χ4v) is 3.54. The van der Waals surface area contributed by atoms with E-state index >= 15 is 0 Å². The predicted octanol–water partition coefficient (Wildman–Crippen LogP) is 5.46. The molecule has 0 spiro atoms. The average molecular weight is 438 g/mol. The Balaban J connectivity index is 1.89. The molecule has 156 valence electrons. The van der Waals surface area contributed by atoms with Gasteiger partial charge in [0.1, 0.15) is 5.75 Å². The topological polar surface area (TPSA) is 89.8 Å². The number of hydrogen-bond acceptors (Lipinski definition) is 6. The van der Waals surface area contributed by atoms with Gasteiger partial charge in [0.15, 0.2) is 0 Å². The first kappa shape index (κ1) is 21.4. The number of carbonyl (C=O) groups excluding carboxylic acids is 2. The third-order valence-electron chi connectivity index (χ3n) is 4.06. The second-order valence-corrected chi connectivity index (χ2v) is 7.03. The minimum absolute atomic E-state index is 0.112. The summed E-state index contributed by atoms with van der Waals surface area (Å²) in [7, 11) is 0. The Morgan fingerprint density at radius 3 is 2.53 bits per heavy atom. The van der Waals surface area contributed by atoms with Crippen molar-refractivity contribution in [3.8, 4) is 11.5 Å². The lowest BCUT2D eigenvalue weighted by atomic mass is 10.1. The standard InChI is InChI=1S/C19H13F3N2O5S/c1-2-23-17(25)16(30-18(23)26)9-11-4-3-5-13(8-11)29-15-7-6-12(19(20,21)22)10-14(15)24(27)28/h3-10H,2H2,1H3/b16-9+. The fraction of sp³-hybridized carbons (Fsp3) is 0.158. The summed E-state index contributed by atoms with van der Waals surface area (Å²) in [6.45, 7) is 1.91. The highest BCUT2D eigenvalue weighted by molar-refractivity contribution is 8.18. The summed E-state index contributed by atoms with van der Waals surface area (Å²) in [5, 5.41) is 10.8. The molecule has 0 bridgehead atoms. The molecule has 1 heterocycles. The van der Waals surface area contributed by atoms with Crippen molar-refractivity contribution in [3.05, 3.63) is 68.6 Å². The largest absolute Gasteiger partial charge is 0.450 e. The van der Waals surface area contributed by atoms with Gasteiger partial charge in [0, 0.05) is 12.6 Å². The van der Waals surface area contributed by atoms with Crippen LogP contribution in [0.4, 0.5) is 23.7 Å². The number of alkyl halides is 3. The first-order valence-electron chi connectivity index (χ1n) is 8.49. The molecule has 0 saturated carbocycles. The number of nitrogens with zero attached hydrogens (tertiary/aromatic N) is 2. The molecule has 3 rings (SSSR count). The monoisotopic (exact) mass is 438 g/mol. The first-order chi connectivity index (χ1) is 14.1. The Kier molecular flexibility index (Phi) is 5.83. The summed E-state index contributed by atoms with van der Waals surface area (Å²) < 4.78 is 43.9. The molecule has 7 nitrogen and oxygen atoms in total. The van der Waals surface area contributed by atoms with E-state index in [0.29, 0.717) is 17.7 Å². The Labute approximate surface area is 172 Å². The highest BCUT2D eigenvalue weighted by atomic mass is 32.2. The number of amides is 2. The predicted molar refractivity (Wildman–Crippen MR) is 103 cm³/mol. The van der Waals surface area contributed by atoms with E-state index in [0.717, 1.165) is 22.7 Å². The van der Waals surface area contributed by atoms with Crippen molar-refractivity contribution in [2.45, 2.75) is 13.1 Å². The molecule has 0 atom stereocenters. The second kappa shape index (κ2) is 8.19. The van der Waals surface area contributed by atoms with Gasteiger partial charge < -0.3 is 4.74 Å². The number of nitro groups is 1. The van der Waals surface area contributed by atoms with Crippen molar-refractivity contribution < 1.29 is 32.4 Å².